The molecule has 0 aromatic carbocycles. The van der Waals surface area contributed by atoms with E-state index in [9.17, 15) is 9.59 Å². The molecule has 1 N–H and O–H groups in total. The number of pyridine rings is 1. The Bertz CT molecular complexity index is 468. The van der Waals surface area contributed by atoms with Crippen molar-refractivity contribution >= 4 is 27.5 Å². The average Bonchev–Trinajstić information content (AvgIpc) is 2.32. The second-order valence-corrected chi connectivity index (χ2v) is 5.57. The van der Waals surface area contributed by atoms with E-state index in [0.29, 0.717) is 12.2 Å². The van der Waals surface area contributed by atoms with Gasteiger partial charge in [-0.2, -0.15) is 0 Å². The van der Waals surface area contributed by atoms with Crippen LogP contribution in [0.25, 0.3) is 0 Å². The van der Waals surface area contributed by atoms with E-state index >= 15 is 0 Å². The van der Waals surface area contributed by atoms with Crippen LogP contribution in [0.15, 0.2) is 23.1 Å². The molecule has 5 heteroatoms. The van der Waals surface area contributed by atoms with E-state index in [1.165, 1.54) is 6.07 Å². The lowest BCUT2D eigenvalue weighted by molar-refractivity contribution is -0.116. The molecule has 0 bridgehead atoms. The van der Waals surface area contributed by atoms with Gasteiger partial charge in [0.05, 0.1) is 10.5 Å². The SMILES string of the molecule is CCCn1cc(NC(=O)C(Br)C(C)C)ccc1=O. The van der Waals surface area contributed by atoms with E-state index in [4.69, 9.17) is 0 Å². The molecule has 0 spiro atoms. The first-order valence-corrected chi connectivity index (χ1v) is 7.02. The van der Waals surface area contributed by atoms with Crippen LogP contribution in [0.1, 0.15) is 27.2 Å². The molecule has 0 aliphatic heterocycles. The van der Waals surface area contributed by atoms with Gasteiger partial charge in [0.15, 0.2) is 0 Å². The summed E-state index contributed by atoms with van der Waals surface area (Å²) in [6.07, 6.45) is 2.56. The summed E-state index contributed by atoms with van der Waals surface area (Å²) in [6, 6.07) is 3.11. The lowest BCUT2D eigenvalue weighted by atomic mass is 10.1. The first kappa shape index (κ1) is 15.0. The zero-order chi connectivity index (χ0) is 13.7. The van der Waals surface area contributed by atoms with E-state index in [2.05, 4.69) is 21.2 Å². The molecule has 1 rings (SSSR count). The molecule has 18 heavy (non-hydrogen) atoms. The standard InChI is InChI=1S/C13H19BrN2O2/c1-4-7-16-8-10(5-6-11(16)17)15-13(18)12(14)9(2)3/h5-6,8-9,12H,4,7H2,1-3H3,(H,15,18). The van der Waals surface area contributed by atoms with Crippen LogP contribution < -0.4 is 10.9 Å². The Balaban J connectivity index is 2.82. The highest BCUT2D eigenvalue weighted by atomic mass is 79.9. The molecule has 0 saturated carbocycles. The van der Waals surface area contributed by atoms with Crippen molar-refractivity contribution in [2.75, 3.05) is 5.32 Å². The zero-order valence-corrected chi connectivity index (χ0v) is 12.5. The van der Waals surface area contributed by atoms with Gasteiger partial charge in [-0.05, 0) is 18.4 Å². The van der Waals surface area contributed by atoms with E-state index in [0.717, 1.165) is 6.42 Å². The van der Waals surface area contributed by atoms with Gasteiger partial charge in [0.2, 0.25) is 5.91 Å². The molecule has 0 aliphatic rings. The number of amides is 1. The van der Waals surface area contributed by atoms with Crippen molar-refractivity contribution in [2.24, 2.45) is 5.92 Å². The third-order valence-corrected chi connectivity index (χ3v) is 4.02. The fraction of sp³-hybridized carbons (Fsp3) is 0.538. The topological polar surface area (TPSA) is 51.1 Å². The summed E-state index contributed by atoms with van der Waals surface area (Å²) in [4.78, 5) is 23.2. The minimum Gasteiger partial charge on any atom is -0.324 e. The van der Waals surface area contributed by atoms with Crippen molar-refractivity contribution in [3.05, 3.63) is 28.7 Å². The summed E-state index contributed by atoms with van der Waals surface area (Å²) in [5.74, 6) is 0.123. The molecule has 0 saturated heterocycles. The van der Waals surface area contributed by atoms with Crippen LogP contribution in [0.2, 0.25) is 0 Å². The van der Waals surface area contributed by atoms with Gasteiger partial charge in [0.1, 0.15) is 0 Å². The number of carbonyl (C=O) groups excluding carboxylic acids is 1. The molecule has 1 aromatic heterocycles. The number of alkyl halides is 1. The molecule has 1 aromatic rings. The Kier molecular flexibility index (Phi) is 5.59. The number of aryl methyl sites for hydroxylation is 1. The highest BCUT2D eigenvalue weighted by molar-refractivity contribution is 9.10. The zero-order valence-electron chi connectivity index (χ0n) is 10.9. The maximum atomic E-state index is 11.9. The van der Waals surface area contributed by atoms with Crippen LogP contribution >= 0.6 is 15.9 Å². The van der Waals surface area contributed by atoms with Gasteiger partial charge in [-0.3, -0.25) is 9.59 Å². The van der Waals surface area contributed by atoms with Crippen molar-refractivity contribution in [3.63, 3.8) is 0 Å². The molecule has 0 radical (unpaired) electrons. The highest BCUT2D eigenvalue weighted by Crippen LogP contribution is 2.14. The first-order valence-electron chi connectivity index (χ1n) is 6.11. The monoisotopic (exact) mass is 314 g/mol. The van der Waals surface area contributed by atoms with E-state index in [1.807, 2.05) is 20.8 Å². The number of aromatic nitrogens is 1. The fourth-order valence-corrected chi connectivity index (χ4v) is 1.65. The van der Waals surface area contributed by atoms with E-state index < -0.39 is 0 Å². The van der Waals surface area contributed by atoms with E-state index in [1.54, 1.807) is 16.8 Å². The van der Waals surface area contributed by atoms with Crippen LogP contribution in [0.5, 0.6) is 0 Å². The normalized spacial score (nSPS) is 12.5. The predicted molar refractivity (Wildman–Crippen MR) is 77.2 cm³/mol. The number of hydrogen-bond donors (Lipinski definition) is 1. The number of hydrogen-bond acceptors (Lipinski definition) is 2. The lowest BCUT2D eigenvalue weighted by Gasteiger charge is -2.14. The first-order chi connectivity index (χ1) is 8.45. The van der Waals surface area contributed by atoms with Crippen molar-refractivity contribution in [3.8, 4) is 0 Å². The van der Waals surface area contributed by atoms with Gasteiger partial charge in [-0.1, -0.05) is 36.7 Å². The minimum absolute atomic E-state index is 0.0471. The minimum atomic E-state index is -0.232. The maximum Gasteiger partial charge on any atom is 0.250 e. The van der Waals surface area contributed by atoms with Crippen LogP contribution in [0.3, 0.4) is 0 Å². The Labute approximate surface area is 116 Å². The van der Waals surface area contributed by atoms with Crippen molar-refractivity contribution in [2.45, 2.75) is 38.6 Å². The maximum absolute atomic E-state index is 11.9. The number of anilines is 1. The van der Waals surface area contributed by atoms with Crippen molar-refractivity contribution in [1.82, 2.24) is 4.57 Å². The molecule has 4 nitrogen and oxygen atoms in total. The molecule has 0 aliphatic carbocycles. The molecular formula is C13H19BrN2O2. The van der Waals surface area contributed by atoms with Gasteiger partial charge >= 0.3 is 0 Å². The Morgan fingerprint density at radius 1 is 1.44 bits per heavy atom. The number of nitrogens with zero attached hydrogens (tertiary/aromatic N) is 1. The third kappa shape index (κ3) is 3.98. The van der Waals surface area contributed by atoms with Gasteiger partial charge in [0.25, 0.3) is 5.56 Å². The molecule has 1 unspecified atom stereocenters. The summed E-state index contributed by atoms with van der Waals surface area (Å²) < 4.78 is 1.61. The van der Waals surface area contributed by atoms with Crippen LogP contribution in [0, 0.1) is 5.92 Å². The molecule has 1 amide bonds. The van der Waals surface area contributed by atoms with Crippen LogP contribution in [-0.4, -0.2) is 15.3 Å². The lowest BCUT2D eigenvalue weighted by Crippen LogP contribution is -2.28. The van der Waals surface area contributed by atoms with Crippen LogP contribution in [0.4, 0.5) is 5.69 Å². The van der Waals surface area contributed by atoms with E-state index in [-0.39, 0.29) is 22.2 Å². The van der Waals surface area contributed by atoms with Gasteiger partial charge < -0.3 is 9.88 Å². The summed E-state index contributed by atoms with van der Waals surface area (Å²) in [5, 5.41) is 2.80. The summed E-state index contributed by atoms with van der Waals surface area (Å²) in [7, 11) is 0. The molecular weight excluding hydrogens is 296 g/mol. The number of halogens is 1. The van der Waals surface area contributed by atoms with Crippen molar-refractivity contribution in [1.29, 1.82) is 0 Å². The third-order valence-electron chi connectivity index (χ3n) is 2.55. The summed E-state index contributed by atoms with van der Waals surface area (Å²) >= 11 is 3.35. The van der Waals surface area contributed by atoms with Gasteiger partial charge in [-0.25, -0.2) is 0 Å². The molecule has 0 fully saturated rings. The largest absolute Gasteiger partial charge is 0.324 e. The Hall–Kier alpha value is -1.10. The van der Waals surface area contributed by atoms with Gasteiger partial charge in [-0.15, -0.1) is 0 Å². The van der Waals surface area contributed by atoms with Crippen molar-refractivity contribution < 1.29 is 4.79 Å². The second-order valence-electron chi connectivity index (χ2n) is 4.58. The highest BCUT2D eigenvalue weighted by Gasteiger charge is 2.18. The molecule has 1 atom stereocenters. The number of nitrogens with one attached hydrogen (secondary N) is 1. The number of rotatable bonds is 5. The van der Waals surface area contributed by atoms with Crippen LogP contribution in [-0.2, 0) is 11.3 Å². The number of carbonyl (C=O) groups is 1. The Morgan fingerprint density at radius 2 is 2.11 bits per heavy atom. The summed E-state index contributed by atoms with van der Waals surface area (Å²) in [6.45, 7) is 6.60. The quantitative estimate of drug-likeness (QED) is 0.849. The second kappa shape index (κ2) is 6.73. The predicted octanol–water partition coefficient (Wildman–Crippen LogP) is 2.62. The fourth-order valence-electron chi connectivity index (χ4n) is 1.53. The molecule has 1 heterocycles. The average molecular weight is 315 g/mol. The molecule has 100 valence electrons. The summed E-state index contributed by atoms with van der Waals surface area (Å²) in [5.41, 5.74) is 0.604. The smallest absolute Gasteiger partial charge is 0.250 e. The van der Waals surface area contributed by atoms with Gasteiger partial charge in [0, 0.05) is 18.8 Å². The Morgan fingerprint density at radius 3 is 2.67 bits per heavy atom.